The molecule has 3 heteroatoms. The predicted molar refractivity (Wildman–Crippen MR) is 69.6 cm³/mol. The molecule has 0 saturated heterocycles. The number of aryl methyl sites for hydroxylation is 2. The number of benzene rings is 1. The van der Waals surface area contributed by atoms with E-state index in [1.807, 2.05) is 13.8 Å². The Labute approximate surface area is 100 Å². The molecule has 0 fully saturated rings. The lowest BCUT2D eigenvalue weighted by atomic mass is 10.1. The minimum absolute atomic E-state index is 0.0440. The van der Waals surface area contributed by atoms with Gasteiger partial charge < -0.3 is 5.73 Å². The van der Waals surface area contributed by atoms with Gasteiger partial charge in [0.25, 0.3) is 0 Å². The molecule has 0 bridgehead atoms. The molecule has 2 aromatic rings. The molecule has 16 heavy (non-hydrogen) atoms. The van der Waals surface area contributed by atoms with Gasteiger partial charge in [-0.25, -0.2) is 4.98 Å². The molecule has 0 aliphatic heterocycles. The summed E-state index contributed by atoms with van der Waals surface area (Å²) in [5.74, 6) is 0. The van der Waals surface area contributed by atoms with Crippen LogP contribution in [0.2, 0.25) is 0 Å². The van der Waals surface area contributed by atoms with E-state index in [-0.39, 0.29) is 6.04 Å². The monoisotopic (exact) mass is 232 g/mol. The van der Waals surface area contributed by atoms with Crippen LogP contribution in [0.25, 0.3) is 11.3 Å². The first kappa shape index (κ1) is 11.3. The van der Waals surface area contributed by atoms with Crippen molar-refractivity contribution in [3.63, 3.8) is 0 Å². The topological polar surface area (TPSA) is 38.9 Å². The Kier molecular flexibility index (Phi) is 3.08. The Morgan fingerprint density at radius 3 is 2.38 bits per heavy atom. The number of hydrogen-bond acceptors (Lipinski definition) is 3. The molecule has 1 atom stereocenters. The molecular formula is C13H16N2S. The van der Waals surface area contributed by atoms with Gasteiger partial charge in [-0.2, -0.15) is 0 Å². The molecule has 2 rings (SSSR count). The van der Waals surface area contributed by atoms with Gasteiger partial charge >= 0.3 is 0 Å². The highest BCUT2D eigenvalue weighted by Gasteiger charge is 2.13. The highest BCUT2D eigenvalue weighted by atomic mass is 32.1. The summed E-state index contributed by atoms with van der Waals surface area (Å²) in [6.07, 6.45) is 0. The van der Waals surface area contributed by atoms with Gasteiger partial charge in [-0.1, -0.05) is 29.8 Å². The number of aromatic nitrogens is 1. The molecule has 1 aromatic carbocycles. The first-order chi connectivity index (χ1) is 7.58. The molecule has 2 nitrogen and oxygen atoms in total. The lowest BCUT2D eigenvalue weighted by molar-refractivity contribution is 0.837. The van der Waals surface area contributed by atoms with Crippen LogP contribution in [-0.2, 0) is 0 Å². The van der Waals surface area contributed by atoms with Crippen LogP contribution in [0.1, 0.15) is 28.4 Å². The van der Waals surface area contributed by atoms with Gasteiger partial charge in [-0.3, -0.25) is 0 Å². The average molecular weight is 232 g/mol. The zero-order chi connectivity index (χ0) is 11.7. The molecule has 0 aliphatic rings. The Bertz CT molecular complexity index is 483. The maximum atomic E-state index is 5.97. The fourth-order valence-corrected chi connectivity index (χ4v) is 2.57. The molecule has 0 radical (unpaired) electrons. The Morgan fingerprint density at radius 1 is 1.19 bits per heavy atom. The average Bonchev–Trinajstić information content (AvgIpc) is 2.61. The normalized spacial score (nSPS) is 12.8. The van der Waals surface area contributed by atoms with Crippen molar-refractivity contribution < 1.29 is 0 Å². The zero-order valence-corrected chi connectivity index (χ0v) is 10.6. The SMILES string of the molecule is Cc1ccc(-c2nc(C)sc2C(C)N)cc1. The van der Waals surface area contributed by atoms with E-state index in [1.165, 1.54) is 10.4 Å². The summed E-state index contributed by atoms with van der Waals surface area (Å²) in [4.78, 5) is 5.74. The maximum absolute atomic E-state index is 5.97. The van der Waals surface area contributed by atoms with Gasteiger partial charge in [0.15, 0.2) is 0 Å². The van der Waals surface area contributed by atoms with E-state index in [1.54, 1.807) is 11.3 Å². The number of thiazole rings is 1. The second-order valence-corrected chi connectivity index (χ2v) is 5.34. The number of nitrogens with two attached hydrogens (primary N) is 1. The third-order valence-corrected chi connectivity index (χ3v) is 3.67. The largest absolute Gasteiger partial charge is 0.323 e. The van der Waals surface area contributed by atoms with Gasteiger partial charge in [0, 0.05) is 16.5 Å². The van der Waals surface area contributed by atoms with Gasteiger partial charge in [0.2, 0.25) is 0 Å². The molecule has 1 heterocycles. The van der Waals surface area contributed by atoms with Crippen molar-refractivity contribution in [1.29, 1.82) is 0 Å². The molecule has 84 valence electrons. The smallest absolute Gasteiger partial charge is 0.0905 e. The lowest BCUT2D eigenvalue weighted by Crippen LogP contribution is -2.04. The van der Waals surface area contributed by atoms with Gasteiger partial charge in [-0.05, 0) is 20.8 Å². The summed E-state index contributed by atoms with van der Waals surface area (Å²) in [5, 5.41) is 1.07. The Balaban J connectivity index is 2.50. The van der Waals surface area contributed by atoms with Crippen molar-refractivity contribution in [3.8, 4) is 11.3 Å². The fourth-order valence-electron chi connectivity index (χ4n) is 1.67. The summed E-state index contributed by atoms with van der Waals surface area (Å²) in [5.41, 5.74) is 9.42. The third kappa shape index (κ3) is 2.15. The molecule has 2 N–H and O–H groups in total. The quantitative estimate of drug-likeness (QED) is 0.861. The molecule has 0 saturated carbocycles. The van der Waals surface area contributed by atoms with Crippen LogP contribution in [-0.4, -0.2) is 4.98 Å². The highest BCUT2D eigenvalue weighted by molar-refractivity contribution is 7.12. The van der Waals surface area contributed by atoms with Crippen LogP contribution >= 0.6 is 11.3 Å². The molecule has 0 spiro atoms. The van der Waals surface area contributed by atoms with Crippen LogP contribution in [0.15, 0.2) is 24.3 Å². The number of nitrogens with zero attached hydrogens (tertiary/aromatic N) is 1. The molecule has 0 amide bonds. The zero-order valence-electron chi connectivity index (χ0n) is 9.82. The summed E-state index contributed by atoms with van der Waals surface area (Å²) < 4.78 is 0. The van der Waals surface area contributed by atoms with E-state index < -0.39 is 0 Å². The van der Waals surface area contributed by atoms with E-state index in [0.29, 0.717) is 0 Å². The molecule has 1 aromatic heterocycles. The second-order valence-electron chi connectivity index (χ2n) is 4.10. The van der Waals surface area contributed by atoms with Crippen LogP contribution < -0.4 is 5.73 Å². The van der Waals surface area contributed by atoms with Crippen molar-refractivity contribution >= 4 is 11.3 Å². The minimum Gasteiger partial charge on any atom is -0.323 e. The Morgan fingerprint density at radius 2 is 1.81 bits per heavy atom. The first-order valence-corrected chi connectivity index (χ1v) is 6.19. The minimum atomic E-state index is 0.0440. The second kappa shape index (κ2) is 4.36. The van der Waals surface area contributed by atoms with E-state index in [9.17, 15) is 0 Å². The first-order valence-electron chi connectivity index (χ1n) is 5.38. The summed E-state index contributed by atoms with van der Waals surface area (Å²) in [6.45, 7) is 6.11. The fraction of sp³-hybridized carbons (Fsp3) is 0.308. The van der Waals surface area contributed by atoms with E-state index in [0.717, 1.165) is 16.3 Å². The standard InChI is InChI=1S/C13H16N2S/c1-8-4-6-11(7-5-8)12-13(9(2)14)16-10(3)15-12/h4-7,9H,14H2,1-3H3. The van der Waals surface area contributed by atoms with Crippen LogP contribution in [0, 0.1) is 13.8 Å². The Hall–Kier alpha value is -1.19. The third-order valence-electron chi connectivity index (χ3n) is 2.50. The highest BCUT2D eigenvalue weighted by Crippen LogP contribution is 2.31. The van der Waals surface area contributed by atoms with E-state index in [4.69, 9.17) is 5.73 Å². The van der Waals surface area contributed by atoms with Crippen LogP contribution in [0.3, 0.4) is 0 Å². The van der Waals surface area contributed by atoms with Gasteiger partial charge in [0.05, 0.1) is 10.7 Å². The molecule has 1 unspecified atom stereocenters. The van der Waals surface area contributed by atoms with Crippen molar-refractivity contribution in [2.24, 2.45) is 5.73 Å². The van der Waals surface area contributed by atoms with Crippen LogP contribution in [0.4, 0.5) is 0 Å². The van der Waals surface area contributed by atoms with Crippen molar-refractivity contribution in [2.75, 3.05) is 0 Å². The lowest BCUT2D eigenvalue weighted by Gasteiger charge is -2.05. The predicted octanol–water partition coefficient (Wildman–Crippen LogP) is 3.45. The van der Waals surface area contributed by atoms with Gasteiger partial charge in [-0.15, -0.1) is 11.3 Å². The van der Waals surface area contributed by atoms with E-state index in [2.05, 4.69) is 36.2 Å². The van der Waals surface area contributed by atoms with Crippen molar-refractivity contribution in [3.05, 3.63) is 39.7 Å². The van der Waals surface area contributed by atoms with Gasteiger partial charge in [0.1, 0.15) is 0 Å². The molecular weight excluding hydrogens is 216 g/mol. The van der Waals surface area contributed by atoms with Crippen molar-refractivity contribution in [2.45, 2.75) is 26.8 Å². The number of hydrogen-bond donors (Lipinski definition) is 1. The number of rotatable bonds is 2. The molecule has 0 aliphatic carbocycles. The van der Waals surface area contributed by atoms with E-state index >= 15 is 0 Å². The van der Waals surface area contributed by atoms with Crippen molar-refractivity contribution in [1.82, 2.24) is 4.98 Å². The summed E-state index contributed by atoms with van der Waals surface area (Å²) in [6, 6.07) is 8.47. The summed E-state index contributed by atoms with van der Waals surface area (Å²) in [7, 11) is 0. The maximum Gasteiger partial charge on any atom is 0.0905 e. The summed E-state index contributed by atoms with van der Waals surface area (Å²) >= 11 is 1.69. The van der Waals surface area contributed by atoms with Crippen LogP contribution in [0.5, 0.6) is 0 Å².